The molecule has 1 saturated heterocycles. The first-order chi connectivity index (χ1) is 14.5. The fraction of sp³-hybridized carbons (Fsp3) is 0.480. The van der Waals surface area contributed by atoms with Gasteiger partial charge in [-0.25, -0.2) is 0 Å². The Morgan fingerprint density at radius 1 is 1.07 bits per heavy atom. The molecule has 1 aliphatic carbocycles. The van der Waals surface area contributed by atoms with Gasteiger partial charge in [-0.05, 0) is 48.1 Å². The number of piperidine rings is 1. The average molecular weight is 445 g/mol. The highest BCUT2D eigenvalue weighted by molar-refractivity contribution is 6.42. The van der Waals surface area contributed by atoms with Crippen LogP contribution in [-0.4, -0.2) is 30.9 Å². The number of para-hydroxylation sites is 1. The normalized spacial score (nSPS) is 19.7. The van der Waals surface area contributed by atoms with Gasteiger partial charge in [-0.15, -0.1) is 0 Å². The number of carbonyl (C=O) groups excluding carboxylic acids is 1. The second-order valence-corrected chi connectivity index (χ2v) is 9.89. The van der Waals surface area contributed by atoms with Crippen LogP contribution in [0.1, 0.15) is 50.2 Å². The molecule has 2 aliphatic heterocycles. The summed E-state index contributed by atoms with van der Waals surface area (Å²) < 4.78 is 0. The van der Waals surface area contributed by atoms with Gasteiger partial charge in [0.2, 0.25) is 6.41 Å². The summed E-state index contributed by atoms with van der Waals surface area (Å²) in [7, 11) is 0. The molecule has 0 bridgehead atoms. The van der Waals surface area contributed by atoms with E-state index >= 15 is 0 Å². The Morgan fingerprint density at radius 2 is 1.77 bits per heavy atom. The molecule has 3 aliphatic rings. The minimum Gasteiger partial charge on any atom is -0.366 e. The molecule has 2 fully saturated rings. The Labute approximate surface area is 190 Å². The molecule has 2 heterocycles. The number of nitrogens with zero attached hydrogens (tertiary/aromatic N) is 2. The summed E-state index contributed by atoms with van der Waals surface area (Å²) >= 11 is 12.2. The number of rotatable bonds is 3. The zero-order chi connectivity index (χ0) is 21.1. The van der Waals surface area contributed by atoms with E-state index in [0.717, 1.165) is 56.9 Å². The van der Waals surface area contributed by atoms with Gasteiger partial charge in [-0.2, -0.15) is 0 Å². The molecule has 0 atom stereocenters. The Bertz CT molecular complexity index is 888. The Morgan fingerprint density at radius 3 is 2.37 bits per heavy atom. The second kappa shape index (κ2) is 9.20. The maximum atomic E-state index is 11.1. The molecule has 1 spiro atoms. The molecule has 1 amide bonds. The van der Waals surface area contributed by atoms with Gasteiger partial charge in [-0.1, -0.05) is 73.7 Å². The van der Waals surface area contributed by atoms with Crippen molar-refractivity contribution in [3.05, 3.63) is 63.6 Å². The van der Waals surface area contributed by atoms with Crippen LogP contribution in [0.3, 0.4) is 0 Å². The van der Waals surface area contributed by atoms with Crippen molar-refractivity contribution in [2.45, 2.75) is 51.0 Å². The van der Waals surface area contributed by atoms with E-state index in [1.165, 1.54) is 30.5 Å². The standard InChI is InChI=1S/C20H20Cl2N2O.C5H10/c21-17-6-5-15(11-18(17)22)12-24-13-20(7-9-23(14-25)10-8-20)16-3-1-2-4-19(16)24;1-5-3-2-4-5/h1-6,11,14H,7-10,12-13H2;5H,2-4H2,1H3. The molecule has 2 aromatic rings. The number of likely N-dealkylation sites (tertiary alicyclic amines) is 1. The van der Waals surface area contributed by atoms with E-state index in [0.29, 0.717) is 10.0 Å². The molecule has 0 unspecified atom stereocenters. The molecule has 0 aromatic heterocycles. The Hall–Kier alpha value is -1.71. The third-order valence-electron chi connectivity index (χ3n) is 6.97. The second-order valence-electron chi connectivity index (χ2n) is 9.08. The maximum Gasteiger partial charge on any atom is 0.209 e. The summed E-state index contributed by atoms with van der Waals surface area (Å²) in [6, 6.07) is 14.5. The minimum atomic E-state index is 0.145. The number of hydrogen-bond donors (Lipinski definition) is 0. The van der Waals surface area contributed by atoms with Crippen LogP contribution in [0.25, 0.3) is 0 Å². The lowest BCUT2D eigenvalue weighted by Gasteiger charge is -2.38. The first-order valence-corrected chi connectivity index (χ1v) is 11.7. The number of amides is 1. The van der Waals surface area contributed by atoms with Crippen molar-refractivity contribution >= 4 is 35.3 Å². The largest absolute Gasteiger partial charge is 0.366 e. The van der Waals surface area contributed by atoms with E-state index in [2.05, 4.69) is 36.1 Å². The van der Waals surface area contributed by atoms with Gasteiger partial charge in [0.15, 0.2) is 0 Å². The van der Waals surface area contributed by atoms with Crippen molar-refractivity contribution < 1.29 is 4.79 Å². The van der Waals surface area contributed by atoms with Crippen molar-refractivity contribution in [1.82, 2.24) is 4.90 Å². The van der Waals surface area contributed by atoms with Crippen LogP contribution >= 0.6 is 23.2 Å². The fourth-order valence-corrected chi connectivity index (χ4v) is 5.15. The van der Waals surface area contributed by atoms with Gasteiger partial charge < -0.3 is 9.80 Å². The monoisotopic (exact) mass is 444 g/mol. The van der Waals surface area contributed by atoms with E-state index < -0.39 is 0 Å². The molecule has 5 heteroatoms. The van der Waals surface area contributed by atoms with Crippen molar-refractivity contribution in [3.63, 3.8) is 0 Å². The van der Waals surface area contributed by atoms with Crippen LogP contribution in [0.4, 0.5) is 5.69 Å². The van der Waals surface area contributed by atoms with Crippen molar-refractivity contribution in [2.75, 3.05) is 24.5 Å². The molecule has 0 radical (unpaired) electrons. The smallest absolute Gasteiger partial charge is 0.209 e. The third-order valence-corrected chi connectivity index (χ3v) is 7.70. The highest BCUT2D eigenvalue weighted by Gasteiger charge is 2.44. The molecule has 30 heavy (non-hydrogen) atoms. The van der Waals surface area contributed by atoms with E-state index in [1.54, 1.807) is 0 Å². The number of hydrogen-bond acceptors (Lipinski definition) is 2. The first-order valence-electron chi connectivity index (χ1n) is 11.0. The number of fused-ring (bicyclic) bond motifs is 2. The van der Waals surface area contributed by atoms with Gasteiger partial charge in [-0.3, -0.25) is 4.79 Å². The lowest BCUT2D eigenvalue weighted by molar-refractivity contribution is -0.119. The predicted octanol–water partition coefficient (Wildman–Crippen LogP) is 6.31. The van der Waals surface area contributed by atoms with E-state index in [-0.39, 0.29) is 5.41 Å². The Balaban J connectivity index is 0.000000383. The van der Waals surface area contributed by atoms with Gasteiger partial charge in [0, 0.05) is 37.3 Å². The van der Waals surface area contributed by atoms with E-state index in [9.17, 15) is 4.79 Å². The zero-order valence-corrected chi connectivity index (χ0v) is 19.1. The van der Waals surface area contributed by atoms with Crippen LogP contribution < -0.4 is 4.90 Å². The summed E-state index contributed by atoms with van der Waals surface area (Å²) in [5, 5.41) is 1.19. The molecule has 5 rings (SSSR count). The van der Waals surface area contributed by atoms with Gasteiger partial charge in [0.25, 0.3) is 0 Å². The van der Waals surface area contributed by atoms with Crippen LogP contribution in [-0.2, 0) is 16.8 Å². The number of halogens is 2. The third kappa shape index (κ3) is 4.48. The van der Waals surface area contributed by atoms with E-state index in [1.807, 2.05) is 23.1 Å². The SMILES string of the molecule is CC1CCC1.O=CN1CCC2(CC1)CN(Cc1ccc(Cl)c(Cl)c1)c1ccccc12. The summed E-state index contributed by atoms with van der Waals surface area (Å²) in [6.07, 6.45) is 7.46. The van der Waals surface area contributed by atoms with Gasteiger partial charge in [0.1, 0.15) is 0 Å². The molecule has 1 saturated carbocycles. The summed E-state index contributed by atoms with van der Waals surface area (Å²) in [5.41, 5.74) is 4.02. The summed E-state index contributed by atoms with van der Waals surface area (Å²) in [6.45, 7) is 5.77. The van der Waals surface area contributed by atoms with Crippen LogP contribution in [0.15, 0.2) is 42.5 Å². The maximum absolute atomic E-state index is 11.1. The number of benzene rings is 2. The molecule has 2 aromatic carbocycles. The highest BCUT2D eigenvalue weighted by atomic mass is 35.5. The minimum absolute atomic E-state index is 0.145. The number of anilines is 1. The van der Waals surface area contributed by atoms with Crippen molar-refractivity contribution in [2.24, 2.45) is 5.92 Å². The molecular weight excluding hydrogens is 415 g/mol. The van der Waals surface area contributed by atoms with E-state index in [4.69, 9.17) is 23.2 Å². The molecule has 3 nitrogen and oxygen atoms in total. The molecule has 0 N–H and O–H groups in total. The fourth-order valence-electron chi connectivity index (χ4n) is 4.83. The quantitative estimate of drug-likeness (QED) is 0.517. The van der Waals surface area contributed by atoms with Crippen molar-refractivity contribution in [3.8, 4) is 0 Å². The van der Waals surface area contributed by atoms with Crippen LogP contribution in [0, 0.1) is 5.92 Å². The zero-order valence-electron chi connectivity index (χ0n) is 17.6. The summed E-state index contributed by atoms with van der Waals surface area (Å²) in [4.78, 5) is 15.4. The average Bonchev–Trinajstić information content (AvgIpc) is 3.04. The predicted molar refractivity (Wildman–Crippen MR) is 126 cm³/mol. The number of carbonyl (C=O) groups is 1. The Kier molecular flexibility index (Phi) is 6.60. The van der Waals surface area contributed by atoms with Crippen LogP contribution in [0.2, 0.25) is 10.0 Å². The lowest BCUT2D eigenvalue weighted by atomic mass is 9.74. The molecule has 160 valence electrons. The lowest BCUT2D eigenvalue weighted by Crippen LogP contribution is -2.44. The van der Waals surface area contributed by atoms with Crippen molar-refractivity contribution in [1.29, 1.82) is 0 Å². The van der Waals surface area contributed by atoms with Gasteiger partial charge in [0.05, 0.1) is 10.0 Å². The first kappa shape index (κ1) is 21.5. The van der Waals surface area contributed by atoms with Crippen LogP contribution in [0.5, 0.6) is 0 Å². The van der Waals surface area contributed by atoms with Gasteiger partial charge >= 0.3 is 0 Å². The highest BCUT2D eigenvalue weighted by Crippen LogP contribution is 2.47. The molecular formula is C25H30Cl2N2O. The summed E-state index contributed by atoms with van der Waals surface area (Å²) in [5.74, 6) is 1.06. The topological polar surface area (TPSA) is 23.6 Å².